The van der Waals surface area contributed by atoms with Crippen LogP contribution in [0.15, 0.2) is 42.5 Å². The summed E-state index contributed by atoms with van der Waals surface area (Å²) in [5.74, 6) is 6.06. The molecule has 2 aromatic rings. The number of anilines is 1. The van der Waals surface area contributed by atoms with Crippen molar-refractivity contribution in [2.45, 2.75) is 6.54 Å². The maximum Gasteiger partial charge on any atom is 0.384 e. The van der Waals surface area contributed by atoms with E-state index in [1.165, 1.54) is 25.2 Å². The Morgan fingerprint density at radius 2 is 1.84 bits per heavy atom. The van der Waals surface area contributed by atoms with Gasteiger partial charge in [0.05, 0.1) is 28.9 Å². The standard InChI is InChI=1S/C16H17ClN4O3S/c1-20(2)25(22,23)24-16-8-5-13(9-15(16)17)11-21(19)14-6-3-12(10-18)4-7-14/h3-9H,11,19H2,1-2H3. The third-order valence-corrected chi connectivity index (χ3v) is 4.90. The van der Waals surface area contributed by atoms with E-state index in [4.69, 9.17) is 26.9 Å². The number of halogens is 1. The Balaban J connectivity index is 2.13. The quantitative estimate of drug-likeness (QED) is 0.609. The lowest BCUT2D eigenvalue weighted by molar-refractivity contribution is 0.421. The summed E-state index contributed by atoms with van der Waals surface area (Å²) in [6.07, 6.45) is 0. The molecule has 0 aliphatic rings. The zero-order valence-corrected chi connectivity index (χ0v) is 15.3. The van der Waals surface area contributed by atoms with Gasteiger partial charge in [0, 0.05) is 14.1 Å². The molecule has 2 N–H and O–H groups in total. The van der Waals surface area contributed by atoms with Crippen molar-refractivity contribution in [3.63, 3.8) is 0 Å². The largest absolute Gasteiger partial charge is 0.384 e. The Bertz CT molecular complexity index is 893. The molecule has 0 heterocycles. The minimum absolute atomic E-state index is 0.0426. The second-order valence-corrected chi connectivity index (χ2v) is 7.53. The second-order valence-electron chi connectivity index (χ2n) is 5.37. The predicted octanol–water partition coefficient (Wildman–Crippen LogP) is 2.28. The fourth-order valence-electron chi connectivity index (χ4n) is 1.91. The molecule has 2 aromatic carbocycles. The zero-order valence-electron chi connectivity index (χ0n) is 13.7. The molecule has 0 atom stereocenters. The molecular weight excluding hydrogens is 364 g/mol. The average Bonchev–Trinajstić information content (AvgIpc) is 2.57. The molecule has 0 amide bonds. The third kappa shape index (κ3) is 4.84. The van der Waals surface area contributed by atoms with Gasteiger partial charge < -0.3 is 9.19 Å². The Morgan fingerprint density at radius 3 is 2.36 bits per heavy atom. The lowest BCUT2D eigenvalue weighted by atomic mass is 10.2. The van der Waals surface area contributed by atoms with E-state index in [1.54, 1.807) is 36.4 Å². The summed E-state index contributed by atoms with van der Waals surface area (Å²) in [6, 6.07) is 13.6. The Kier molecular flexibility index (Phi) is 5.87. The fourth-order valence-corrected chi connectivity index (χ4v) is 2.72. The van der Waals surface area contributed by atoms with Crippen LogP contribution >= 0.6 is 11.6 Å². The van der Waals surface area contributed by atoms with Crippen LogP contribution in [-0.2, 0) is 16.8 Å². The van der Waals surface area contributed by atoms with Crippen LogP contribution < -0.4 is 15.0 Å². The molecule has 0 radical (unpaired) electrons. The topological polar surface area (TPSA) is 99.7 Å². The highest BCUT2D eigenvalue weighted by atomic mass is 35.5. The molecule has 0 bridgehead atoms. The van der Waals surface area contributed by atoms with Gasteiger partial charge in [0.1, 0.15) is 0 Å². The van der Waals surface area contributed by atoms with Crippen LogP contribution in [0.3, 0.4) is 0 Å². The molecule has 0 aliphatic heterocycles. The summed E-state index contributed by atoms with van der Waals surface area (Å²) in [5.41, 5.74) is 2.04. The van der Waals surface area contributed by atoms with Crippen molar-refractivity contribution in [1.82, 2.24) is 4.31 Å². The molecule has 0 spiro atoms. The first-order valence-electron chi connectivity index (χ1n) is 7.15. The molecule has 25 heavy (non-hydrogen) atoms. The SMILES string of the molecule is CN(C)S(=O)(=O)Oc1ccc(CN(N)c2ccc(C#N)cc2)cc1Cl. The summed E-state index contributed by atoms with van der Waals surface area (Å²) in [4.78, 5) is 0. The lowest BCUT2D eigenvalue weighted by Gasteiger charge is -2.19. The van der Waals surface area contributed by atoms with Gasteiger partial charge >= 0.3 is 10.3 Å². The highest BCUT2D eigenvalue weighted by Crippen LogP contribution is 2.28. The Morgan fingerprint density at radius 1 is 1.20 bits per heavy atom. The van der Waals surface area contributed by atoms with Gasteiger partial charge in [-0.15, -0.1) is 0 Å². The summed E-state index contributed by atoms with van der Waals surface area (Å²) < 4.78 is 29.4. The van der Waals surface area contributed by atoms with Gasteiger partial charge in [-0.1, -0.05) is 17.7 Å². The summed E-state index contributed by atoms with van der Waals surface area (Å²) in [6.45, 7) is 0.340. The van der Waals surface area contributed by atoms with Crippen molar-refractivity contribution >= 4 is 27.6 Å². The number of nitriles is 1. The average molecular weight is 381 g/mol. The molecule has 0 saturated heterocycles. The van der Waals surface area contributed by atoms with Crippen molar-refractivity contribution in [1.29, 1.82) is 5.26 Å². The van der Waals surface area contributed by atoms with Gasteiger partial charge in [-0.25, -0.2) is 5.84 Å². The summed E-state index contributed by atoms with van der Waals surface area (Å²) >= 11 is 6.11. The number of hydrogen-bond donors (Lipinski definition) is 1. The molecule has 7 nitrogen and oxygen atoms in total. The van der Waals surface area contributed by atoms with E-state index in [0.717, 1.165) is 15.6 Å². The first-order valence-corrected chi connectivity index (χ1v) is 8.90. The van der Waals surface area contributed by atoms with Crippen LogP contribution in [0.4, 0.5) is 5.69 Å². The maximum absolute atomic E-state index is 11.7. The molecule has 2 rings (SSSR count). The molecule has 0 saturated carbocycles. The maximum atomic E-state index is 11.7. The van der Waals surface area contributed by atoms with Crippen LogP contribution in [0.1, 0.15) is 11.1 Å². The van der Waals surface area contributed by atoms with Crippen molar-refractivity contribution in [3.05, 3.63) is 58.6 Å². The van der Waals surface area contributed by atoms with Crippen molar-refractivity contribution in [2.24, 2.45) is 5.84 Å². The minimum atomic E-state index is -3.87. The second kappa shape index (κ2) is 7.72. The summed E-state index contributed by atoms with van der Waals surface area (Å²) in [5, 5.41) is 10.5. The fraction of sp³-hybridized carbons (Fsp3) is 0.188. The van der Waals surface area contributed by atoms with Gasteiger partial charge in [-0.05, 0) is 42.0 Å². The van der Waals surface area contributed by atoms with E-state index in [9.17, 15) is 8.42 Å². The first-order chi connectivity index (χ1) is 11.7. The van der Waals surface area contributed by atoms with Crippen LogP contribution in [-0.4, -0.2) is 26.8 Å². The van der Waals surface area contributed by atoms with E-state index < -0.39 is 10.3 Å². The van der Waals surface area contributed by atoms with E-state index in [0.29, 0.717) is 12.1 Å². The first kappa shape index (κ1) is 19.0. The van der Waals surface area contributed by atoms with Gasteiger partial charge in [0.25, 0.3) is 0 Å². The number of benzene rings is 2. The van der Waals surface area contributed by atoms with E-state index in [2.05, 4.69) is 0 Å². The normalized spacial score (nSPS) is 11.2. The number of hydrogen-bond acceptors (Lipinski definition) is 6. The number of nitrogens with zero attached hydrogens (tertiary/aromatic N) is 3. The van der Waals surface area contributed by atoms with Gasteiger partial charge in [0.15, 0.2) is 5.75 Å². The van der Waals surface area contributed by atoms with Crippen molar-refractivity contribution in [3.8, 4) is 11.8 Å². The highest BCUT2D eigenvalue weighted by Gasteiger charge is 2.18. The summed E-state index contributed by atoms with van der Waals surface area (Å²) in [7, 11) is -1.15. The molecule has 0 aliphatic carbocycles. The van der Waals surface area contributed by atoms with Crippen LogP contribution in [0.5, 0.6) is 5.75 Å². The van der Waals surface area contributed by atoms with Crippen molar-refractivity contribution in [2.75, 3.05) is 19.1 Å². The Labute approximate surface area is 152 Å². The number of rotatable bonds is 6. The molecule has 9 heteroatoms. The van der Waals surface area contributed by atoms with E-state index >= 15 is 0 Å². The van der Waals surface area contributed by atoms with Crippen LogP contribution in [0.25, 0.3) is 0 Å². The number of nitrogens with two attached hydrogens (primary N) is 1. The zero-order chi connectivity index (χ0) is 18.6. The Hall–Kier alpha value is -2.31. The predicted molar refractivity (Wildman–Crippen MR) is 96.2 cm³/mol. The third-order valence-electron chi connectivity index (χ3n) is 3.32. The molecular formula is C16H17ClN4O3S. The van der Waals surface area contributed by atoms with Crippen molar-refractivity contribution < 1.29 is 12.6 Å². The van der Waals surface area contributed by atoms with Crippen LogP contribution in [0, 0.1) is 11.3 Å². The molecule has 0 aromatic heterocycles. The van der Waals surface area contributed by atoms with Gasteiger partial charge in [-0.2, -0.15) is 18.0 Å². The molecule has 0 unspecified atom stereocenters. The van der Waals surface area contributed by atoms with Gasteiger partial charge in [-0.3, -0.25) is 0 Å². The molecule has 132 valence electrons. The monoisotopic (exact) mass is 380 g/mol. The molecule has 0 fully saturated rings. The van der Waals surface area contributed by atoms with E-state index in [-0.39, 0.29) is 10.8 Å². The van der Waals surface area contributed by atoms with Crippen LogP contribution in [0.2, 0.25) is 5.02 Å². The van der Waals surface area contributed by atoms with Gasteiger partial charge in [0.2, 0.25) is 0 Å². The van der Waals surface area contributed by atoms with E-state index in [1.807, 2.05) is 6.07 Å². The number of hydrazine groups is 1. The smallest absolute Gasteiger partial charge is 0.369 e. The highest BCUT2D eigenvalue weighted by molar-refractivity contribution is 7.84. The minimum Gasteiger partial charge on any atom is -0.369 e. The lowest BCUT2D eigenvalue weighted by Crippen LogP contribution is -2.30.